The van der Waals surface area contributed by atoms with E-state index in [1.807, 2.05) is 6.07 Å². The third-order valence-corrected chi connectivity index (χ3v) is 3.62. The van der Waals surface area contributed by atoms with Crippen LogP contribution in [0.3, 0.4) is 0 Å². The molecule has 2 N–H and O–H groups in total. The highest BCUT2D eigenvalue weighted by atomic mass is 16.5. The van der Waals surface area contributed by atoms with Gasteiger partial charge in [0.2, 0.25) is 0 Å². The summed E-state index contributed by atoms with van der Waals surface area (Å²) in [6.45, 7) is 7.11. The Hall–Kier alpha value is -2.53. The first-order valence-electron chi connectivity index (χ1n) is 8.21. The number of carbonyl (C=O) groups is 1. The normalized spacial score (nSPS) is 11.2. The second-order valence-electron chi connectivity index (χ2n) is 6.85. The SMILES string of the molecule is COc1ccc(C(=O)Oc2ccc(CCNC(C)(C)C)cc2O)cc1. The topological polar surface area (TPSA) is 67.8 Å². The lowest BCUT2D eigenvalue weighted by Gasteiger charge is -2.20. The van der Waals surface area contributed by atoms with E-state index in [2.05, 4.69) is 26.1 Å². The maximum Gasteiger partial charge on any atom is 0.343 e. The summed E-state index contributed by atoms with van der Waals surface area (Å²) in [5.41, 5.74) is 1.41. The summed E-state index contributed by atoms with van der Waals surface area (Å²) in [6, 6.07) is 11.7. The molecule has 0 unspecified atom stereocenters. The minimum atomic E-state index is -0.528. The van der Waals surface area contributed by atoms with Gasteiger partial charge in [-0.05, 0) is 75.7 Å². The fourth-order valence-electron chi connectivity index (χ4n) is 2.27. The van der Waals surface area contributed by atoms with Gasteiger partial charge in [0.05, 0.1) is 12.7 Å². The lowest BCUT2D eigenvalue weighted by Crippen LogP contribution is -2.37. The first kappa shape index (κ1) is 18.8. The molecular formula is C20H25NO4. The summed E-state index contributed by atoms with van der Waals surface area (Å²) in [5.74, 6) is 0.233. The van der Waals surface area contributed by atoms with Crippen LogP contribution >= 0.6 is 0 Å². The molecule has 0 saturated heterocycles. The summed E-state index contributed by atoms with van der Waals surface area (Å²) >= 11 is 0. The second kappa shape index (κ2) is 8.03. The zero-order valence-corrected chi connectivity index (χ0v) is 15.1. The van der Waals surface area contributed by atoms with Gasteiger partial charge in [-0.1, -0.05) is 6.07 Å². The van der Waals surface area contributed by atoms with Crippen LogP contribution in [-0.4, -0.2) is 30.3 Å². The number of phenolic OH excluding ortho intramolecular Hbond substituents is 1. The largest absolute Gasteiger partial charge is 0.504 e. The molecule has 2 rings (SSSR count). The molecule has 25 heavy (non-hydrogen) atoms. The van der Waals surface area contributed by atoms with E-state index >= 15 is 0 Å². The Morgan fingerprint density at radius 1 is 1.12 bits per heavy atom. The van der Waals surface area contributed by atoms with Crippen molar-refractivity contribution in [3.8, 4) is 17.2 Å². The van der Waals surface area contributed by atoms with Gasteiger partial charge < -0.3 is 19.9 Å². The van der Waals surface area contributed by atoms with Crippen molar-refractivity contribution in [1.29, 1.82) is 0 Å². The molecule has 5 heteroatoms. The molecule has 0 radical (unpaired) electrons. The van der Waals surface area contributed by atoms with Gasteiger partial charge in [-0.2, -0.15) is 0 Å². The first-order valence-corrected chi connectivity index (χ1v) is 8.21. The summed E-state index contributed by atoms with van der Waals surface area (Å²) in [5, 5.41) is 13.5. The third-order valence-electron chi connectivity index (χ3n) is 3.62. The second-order valence-corrected chi connectivity index (χ2v) is 6.85. The molecule has 0 amide bonds. The maximum absolute atomic E-state index is 12.1. The number of benzene rings is 2. The summed E-state index contributed by atoms with van der Waals surface area (Å²) in [7, 11) is 1.56. The number of methoxy groups -OCH3 is 1. The number of carbonyl (C=O) groups excluding carboxylic acids is 1. The summed E-state index contributed by atoms with van der Waals surface area (Å²) in [6.07, 6.45) is 0.775. The monoisotopic (exact) mass is 343 g/mol. The minimum absolute atomic E-state index is 0.0462. The molecule has 0 aliphatic carbocycles. The molecule has 0 bridgehead atoms. The molecule has 0 fully saturated rings. The van der Waals surface area contributed by atoms with Crippen LogP contribution in [0, 0.1) is 0 Å². The van der Waals surface area contributed by atoms with Gasteiger partial charge in [0, 0.05) is 5.54 Å². The molecule has 0 heterocycles. The number of phenols is 1. The molecule has 134 valence electrons. The van der Waals surface area contributed by atoms with E-state index in [1.54, 1.807) is 43.5 Å². The zero-order valence-electron chi connectivity index (χ0n) is 15.1. The van der Waals surface area contributed by atoms with Gasteiger partial charge in [-0.3, -0.25) is 0 Å². The van der Waals surface area contributed by atoms with E-state index in [0.29, 0.717) is 11.3 Å². The van der Waals surface area contributed by atoms with E-state index in [-0.39, 0.29) is 17.0 Å². The highest BCUT2D eigenvalue weighted by molar-refractivity contribution is 5.91. The zero-order chi connectivity index (χ0) is 18.4. The number of nitrogens with one attached hydrogen (secondary N) is 1. The first-order chi connectivity index (χ1) is 11.8. The van der Waals surface area contributed by atoms with Crippen molar-refractivity contribution in [1.82, 2.24) is 5.32 Å². The highest BCUT2D eigenvalue weighted by Gasteiger charge is 2.13. The summed E-state index contributed by atoms with van der Waals surface area (Å²) < 4.78 is 10.3. The van der Waals surface area contributed by atoms with Gasteiger partial charge in [0.15, 0.2) is 11.5 Å². The van der Waals surface area contributed by atoms with Crippen LogP contribution in [0.5, 0.6) is 17.2 Å². The average Bonchev–Trinajstić information content (AvgIpc) is 2.56. The molecule has 2 aromatic carbocycles. The number of aromatic hydroxyl groups is 1. The standard InChI is InChI=1S/C20H25NO4/c1-20(2,3)21-12-11-14-5-10-18(17(22)13-14)25-19(23)15-6-8-16(24-4)9-7-15/h5-10,13,21-22H,11-12H2,1-4H3. The number of ether oxygens (including phenoxy) is 2. The van der Waals surface area contributed by atoms with Crippen LogP contribution in [0.2, 0.25) is 0 Å². The van der Waals surface area contributed by atoms with Gasteiger partial charge in [-0.15, -0.1) is 0 Å². The van der Waals surface area contributed by atoms with Crippen molar-refractivity contribution in [3.63, 3.8) is 0 Å². The molecule has 0 saturated carbocycles. The molecule has 0 aromatic heterocycles. The predicted octanol–water partition coefficient (Wildman–Crippen LogP) is 3.55. The van der Waals surface area contributed by atoms with Crippen LogP contribution in [0.1, 0.15) is 36.7 Å². The van der Waals surface area contributed by atoms with Crippen LogP contribution in [0.25, 0.3) is 0 Å². The van der Waals surface area contributed by atoms with Gasteiger partial charge in [0.25, 0.3) is 0 Å². The third kappa shape index (κ3) is 5.80. The fraction of sp³-hybridized carbons (Fsp3) is 0.350. The molecular weight excluding hydrogens is 318 g/mol. The average molecular weight is 343 g/mol. The Bertz CT molecular complexity index is 717. The highest BCUT2D eigenvalue weighted by Crippen LogP contribution is 2.28. The Balaban J connectivity index is 1.98. The van der Waals surface area contributed by atoms with Crippen molar-refractivity contribution >= 4 is 5.97 Å². The van der Waals surface area contributed by atoms with Gasteiger partial charge >= 0.3 is 5.97 Å². The smallest absolute Gasteiger partial charge is 0.343 e. The Morgan fingerprint density at radius 2 is 1.80 bits per heavy atom. The van der Waals surface area contributed by atoms with Crippen molar-refractivity contribution in [2.75, 3.05) is 13.7 Å². The quantitative estimate of drug-likeness (QED) is 0.620. The van der Waals surface area contributed by atoms with Crippen molar-refractivity contribution in [2.45, 2.75) is 32.7 Å². The van der Waals surface area contributed by atoms with Crippen LogP contribution < -0.4 is 14.8 Å². The van der Waals surface area contributed by atoms with Gasteiger partial charge in [0.1, 0.15) is 5.75 Å². The predicted molar refractivity (Wildman–Crippen MR) is 97.5 cm³/mol. The maximum atomic E-state index is 12.1. The van der Waals surface area contributed by atoms with Crippen molar-refractivity contribution < 1.29 is 19.4 Å². The lowest BCUT2D eigenvalue weighted by molar-refractivity contribution is 0.0729. The van der Waals surface area contributed by atoms with Crippen molar-refractivity contribution in [2.24, 2.45) is 0 Å². The fourth-order valence-corrected chi connectivity index (χ4v) is 2.27. The minimum Gasteiger partial charge on any atom is -0.504 e. The van der Waals surface area contributed by atoms with E-state index in [0.717, 1.165) is 18.5 Å². The van der Waals surface area contributed by atoms with E-state index in [1.165, 1.54) is 0 Å². The van der Waals surface area contributed by atoms with Crippen LogP contribution in [0.4, 0.5) is 0 Å². The van der Waals surface area contributed by atoms with Crippen molar-refractivity contribution in [3.05, 3.63) is 53.6 Å². The molecule has 0 aliphatic rings. The van der Waals surface area contributed by atoms with Crippen LogP contribution in [0.15, 0.2) is 42.5 Å². The molecule has 0 spiro atoms. The molecule has 0 aliphatic heterocycles. The Kier molecular flexibility index (Phi) is 6.04. The van der Waals surface area contributed by atoms with Gasteiger partial charge in [-0.25, -0.2) is 4.79 Å². The van der Waals surface area contributed by atoms with E-state index < -0.39 is 5.97 Å². The molecule has 2 aromatic rings. The number of hydrogen-bond donors (Lipinski definition) is 2. The Morgan fingerprint density at radius 3 is 2.36 bits per heavy atom. The van der Waals surface area contributed by atoms with Crippen LogP contribution in [-0.2, 0) is 6.42 Å². The number of hydrogen-bond acceptors (Lipinski definition) is 5. The van der Waals surface area contributed by atoms with E-state index in [9.17, 15) is 9.90 Å². The Labute approximate surface area is 148 Å². The molecule has 5 nitrogen and oxygen atoms in total. The molecule has 0 atom stereocenters. The number of esters is 1. The number of rotatable bonds is 6. The van der Waals surface area contributed by atoms with E-state index in [4.69, 9.17) is 9.47 Å². The lowest BCUT2D eigenvalue weighted by atomic mass is 10.1. The summed E-state index contributed by atoms with van der Waals surface area (Å²) in [4.78, 5) is 12.1.